The largest absolute Gasteiger partial charge is 0.497 e. The maximum absolute atomic E-state index is 13.5. The Kier molecular flexibility index (Phi) is 7.74. The van der Waals surface area contributed by atoms with E-state index in [1.807, 2.05) is 18.2 Å². The van der Waals surface area contributed by atoms with Crippen LogP contribution in [0.5, 0.6) is 5.75 Å². The van der Waals surface area contributed by atoms with E-state index in [0.29, 0.717) is 36.0 Å². The zero-order valence-corrected chi connectivity index (χ0v) is 22.9. The zero-order chi connectivity index (χ0) is 27.6. The van der Waals surface area contributed by atoms with E-state index in [1.165, 1.54) is 25.3 Å². The molecule has 2 heterocycles. The zero-order valence-electron chi connectivity index (χ0n) is 21.3. The molecule has 39 heavy (non-hydrogen) atoms. The quantitative estimate of drug-likeness (QED) is 0.503. The highest BCUT2D eigenvalue weighted by molar-refractivity contribution is 7.90. The molecule has 1 amide bonds. The Hall–Kier alpha value is -3.67. The second-order valence-electron chi connectivity index (χ2n) is 9.47. The number of nitrogens with one attached hydrogen (secondary N) is 2. The minimum Gasteiger partial charge on any atom is -0.497 e. The summed E-state index contributed by atoms with van der Waals surface area (Å²) in [5.74, 6) is 0.519. The minimum absolute atomic E-state index is 0.00502. The van der Waals surface area contributed by atoms with Crippen molar-refractivity contribution < 1.29 is 17.9 Å². The summed E-state index contributed by atoms with van der Waals surface area (Å²) in [6.45, 7) is 1.02. The number of ether oxygens (including phenoxy) is 1. The fourth-order valence-electron chi connectivity index (χ4n) is 4.63. The van der Waals surface area contributed by atoms with Gasteiger partial charge >= 0.3 is 0 Å². The highest BCUT2D eigenvalue weighted by atomic mass is 35.5. The minimum atomic E-state index is -4.24. The van der Waals surface area contributed by atoms with Crippen LogP contribution < -0.4 is 21.1 Å². The maximum Gasteiger partial charge on any atom is 0.284 e. The van der Waals surface area contributed by atoms with Gasteiger partial charge in [-0.25, -0.2) is 0 Å². The standard InChI is InChI=1S/C27H29ClN6O4S/c1-38-19-11-12-21(28)24(15-19)32-25-26(31-23-10-3-2-9-22(23)30-25)33-39(36,37)20-8-4-6-17(14-20)27(35)34-13-5-7-18(29)16-34/h2-4,6,8,10-12,14-15,18,22H,5,7,9,13,16,29H2,1H3,(H,30,32)(H,31,33). The molecule has 0 bridgehead atoms. The van der Waals surface area contributed by atoms with Crippen molar-refractivity contribution in [2.24, 2.45) is 15.1 Å². The first-order valence-corrected chi connectivity index (χ1v) is 14.4. The molecular weight excluding hydrogens is 540 g/mol. The van der Waals surface area contributed by atoms with Gasteiger partial charge < -0.3 is 26.0 Å². The lowest BCUT2D eigenvalue weighted by molar-refractivity contribution is 0.0708. The number of amidine groups is 2. The number of halogens is 1. The van der Waals surface area contributed by atoms with E-state index in [4.69, 9.17) is 27.1 Å². The third-order valence-corrected chi connectivity index (χ3v) is 8.27. The Morgan fingerprint density at radius 3 is 2.92 bits per heavy atom. The Bertz CT molecular complexity index is 1520. The van der Waals surface area contributed by atoms with Crippen molar-refractivity contribution in [3.8, 4) is 5.75 Å². The normalized spacial score (nSPS) is 21.9. The van der Waals surface area contributed by atoms with Crippen LogP contribution in [0.25, 0.3) is 0 Å². The van der Waals surface area contributed by atoms with Crippen LogP contribution in [-0.4, -0.2) is 63.2 Å². The molecule has 2 aromatic rings. The first-order valence-electron chi connectivity index (χ1n) is 12.6. The lowest BCUT2D eigenvalue weighted by Gasteiger charge is -2.30. The van der Waals surface area contributed by atoms with Crippen LogP contribution in [0, 0.1) is 0 Å². The predicted molar refractivity (Wildman–Crippen MR) is 152 cm³/mol. The summed E-state index contributed by atoms with van der Waals surface area (Å²) in [4.78, 5) is 19.3. The highest BCUT2D eigenvalue weighted by Gasteiger charge is 2.29. The number of piperidine rings is 1. The number of methoxy groups -OCH3 is 1. The van der Waals surface area contributed by atoms with E-state index in [9.17, 15) is 13.2 Å². The molecule has 0 radical (unpaired) electrons. The third-order valence-electron chi connectivity index (χ3n) is 6.66. The van der Waals surface area contributed by atoms with Crippen molar-refractivity contribution in [1.29, 1.82) is 0 Å². The van der Waals surface area contributed by atoms with Crippen molar-refractivity contribution in [3.63, 3.8) is 0 Å². The highest BCUT2D eigenvalue weighted by Crippen LogP contribution is 2.28. The molecule has 204 valence electrons. The van der Waals surface area contributed by atoms with Gasteiger partial charge in [0.15, 0.2) is 11.7 Å². The molecular formula is C27H29ClN6O4S. The van der Waals surface area contributed by atoms with Gasteiger partial charge in [0.25, 0.3) is 15.9 Å². The SMILES string of the molecule is COc1ccc(Cl)c(NC2=NC3CC=CC=C3N/C2=N\S(=O)(=O)c2cccc(C(=O)N3CCCC(N)C3)c2)c1. The van der Waals surface area contributed by atoms with Crippen LogP contribution >= 0.6 is 11.6 Å². The number of nitrogens with two attached hydrogens (primary N) is 1. The molecule has 2 unspecified atom stereocenters. The second-order valence-corrected chi connectivity index (χ2v) is 11.5. The van der Waals surface area contributed by atoms with Crippen molar-refractivity contribution in [1.82, 2.24) is 10.2 Å². The average Bonchev–Trinajstić information content (AvgIpc) is 2.94. The van der Waals surface area contributed by atoms with E-state index in [1.54, 1.807) is 29.2 Å². The number of hydrogen-bond donors (Lipinski definition) is 3. The van der Waals surface area contributed by atoms with Crippen LogP contribution in [0.4, 0.5) is 5.69 Å². The second kappa shape index (κ2) is 11.2. The number of anilines is 1. The summed E-state index contributed by atoms with van der Waals surface area (Å²) in [5.41, 5.74) is 7.49. The number of carbonyl (C=O) groups is 1. The molecule has 0 aromatic heterocycles. The summed E-state index contributed by atoms with van der Waals surface area (Å²) in [5, 5.41) is 6.63. The molecule has 1 saturated heterocycles. The van der Waals surface area contributed by atoms with Crippen LogP contribution in [0.2, 0.25) is 5.02 Å². The molecule has 1 fully saturated rings. The van der Waals surface area contributed by atoms with Gasteiger partial charge in [0, 0.05) is 36.5 Å². The average molecular weight is 569 g/mol. The Labute approximate surface area is 232 Å². The number of nitrogens with zero attached hydrogens (tertiary/aromatic N) is 3. The molecule has 0 saturated carbocycles. The maximum atomic E-state index is 13.5. The van der Waals surface area contributed by atoms with Crippen LogP contribution in [0.3, 0.4) is 0 Å². The third kappa shape index (κ3) is 6.00. The Balaban J connectivity index is 1.48. The Morgan fingerprint density at radius 1 is 1.28 bits per heavy atom. The number of rotatable bonds is 5. The Morgan fingerprint density at radius 2 is 2.13 bits per heavy atom. The van der Waals surface area contributed by atoms with E-state index in [2.05, 4.69) is 15.0 Å². The molecule has 2 aromatic carbocycles. The first-order chi connectivity index (χ1) is 18.7. The fraction of sp³-hybridized carbons (Fsp3) is 0.296. The number of amides is 1. The molecule has 3 aliphatic rings. The molecule has 0 spiro atoms. The number of aliphatic imine (C=N–C) groups is 1. The topological polar surface area (TPSA) is 138 Å². The fourth-order valence-corrected chi connectivity index (χ4v) is 5.80. The monoisotopic (exact) mass is 568 g/mol. The molecule has 12 heteroatoms. The van der Waals surface area contributed by atoms with Gasteiger partial charge in [-0.15, -0.1) is 4.40 Å². The number of likely N-dealkylation sites (tertiary alicyclic amines) is 1. The van der Waals surface area contributed by atoms with Crippen molar-refractivity contribution in [3.05, 3.63) is 77.0 Å². The van der Waals surface area contributed by atoms with E-state index < -0.39 is 10.0 Å². The summed E-state index contributed by atoms with van der Waals surface area (Å²) in [7, 11) is -2.70. The number of carbonyl (C=O) groups excluding carboxylic acids is 1. The van der Waals surface area contributed by atoms with Crippen LogP contribution in [0.15, 0.2) is 80.7 Å². The lowest BCUT2D eigenvalue weighted by Crippen LogP contribution is -2.45. The van der Waals surface area contributed by atoms with E-state index >= 15 is 0 Å². The predicted octanol–water partition coefficient (Wildman–Crippen LogP) is 3.33. The molecule has 5 rings (SSSR count). The van der Waals surface area contributed by atoms with E-state index in [-0.39, 0.29) is 40.1 Å². The summed E-state index contributed by atoms with van der Waals surface area (Å²) in [6.07, 6.45) is 7.99. The summed E-state index contributed by atoms with van der Waals surface area (Å²) in [6, 6.07) is 10.6. The molecule has 2 aliphatic heterocycles. The van der Waals surface area contributed by atoms with Crippen LogP contribution in [-0.2, 0) is 10.0 Å². The summed E-state index contributed by atoms with van der Waals surface area (Å²) >= 11 is 6.39. The number of allylic oxidation sites excluding steroid dienone is 2. The molecule has 4 N–H and O–H groups in total. The number of fused-ring (bicyclic) bond motifs is 1. The van der Waals surface area contributed by atoms with Gasteiger partial charge in [-0.1, -0.05) is 29.8 Å². The number of benzene rings is 2. The van der Waals surface area contributed by atoms with Gasteiger partial charge in [0.05, 0.1) is 28.8 Å². The smallest absolute Gasteiger partial charge is 0.284 e. The van der Waals surface area contributed by atoms with Gasteiger partial charge in [-0.3, -0.25) is 9.79 Å². The lowest BCUT2D eigenvalue weighted by atomic mass is 10.0. The van der Waals surface area contributed by atoms with Crippen molar-refractivity contribution >= 4 is 44.9 Å². The molecule has 2 atom stereocenters. The van der Waals surface area contributed by atoms with Gasteiger partial charge in [0.2, 0.25) is 0 Å². The summed E-state index contributed by atoms with van der Waals surface area (Å²) < 4.78 is 36.4. The van der Waals surface area contributed by atoms with Gasteiger partial charge in [-0.2, -0.15) is 8.42 Å². The van der Waals surface area contributed by atoms with E-state index in [0.717, 1.165) is 18.5 Å². The molecule has 1 aliphatic carbocycles. The van der Waals surface area contributed by atoms with Gasteiger partial charge in [0.1, 0.15) is 5.75 Å². The number of sulfonamides is 1. The van der Waals surface area contributed by atoms with Crippen molar-refractivity contribution in [2.45, 2.75) is 36.2 Å². The molecule has 10 nitrogen and oxygen atoms in total. The first kappa shape index (κ1) is 26.9. The van der Waals surface area contributed by atoms with Gasteiger partial charge in [-0.05, 0) is 55.7 Å². The van der Waals surface area contributed by atoms with Crippen LogP contribution in [0.1, 0.15) is 29.6 Å². The van der Waals surface area contributed by atoms with Crippen molar-refractivity contribution in [2.75, 3.05) is 25.5 Å². The number of hydrogen-bond acceptors (Lipinski definition) is 7.